The zero-order valence-electron chi connectivity index (χ0n) is 26.1. The molecule has 0 radical (unpaired) electrons. The van der Waals surface area contributed by atoms with Crippen LogP contribution >= 0.6 is 0 Å². The number of carbonyl (C=O) groups excluding carboxylic acids is 1. The Morgan fingerprint density at radius 2 is 0.975 bits per heavy atom. The fraction of sp³-hybridized carbons (Fsp3) is 0.722. The van der Waals surface area contributed by atoms with Crippen LogP contribution in [-0.4, -0.2) is 23.1 Å². The Labute approximate surface area is 247 Å². The number of hydrogen-bond acceptors (Lipinski definition) is 3. The molecule has 40 heavy (non-hydrogen) atoms. The van der Waals surface area contributed by atoms with Gasteiger partial charge in [-0.2, -0.15) is 0 Å². The van der Waals surface area contributed by atoms with Crippen LogP contribution in [0.15, 0.2) is 48.6 Å². The third kappa shape index (κ3) is 30.4. The fourth-order valence-corrected chi connectivity index (χ4v) is 4.58. The van der Waals surface area contributed by atoms with Gasteiger partial charge in [0.15, 0.2) is 0 Å². The van der Waals surface area contributed by atoms with Gasteiger partial charge in [0.05, 0.1) is 0 Å². The number of allylic oxidation sites excluding steroid dienone is 8. The van der Waals surface area contributed by atoms with Crippen LogP contribution in [-0.2, 0) is 14.3 Å². The van der Waals surface area contributed by atoms with Crippen LogP contribution in [0.25, 0.3) is 0 Å². The first-order valence-electron chi connectivity index (χ1n) is 16.6. The van der Waals surface area contributed by atoms with Crippen LogP contribution < -0.4 is 0 Å². The molecule has 0 saturated carbocycles. The summed E-state index contributed by atoms with van der Waals surface area (Å²) in [6.07, 6.45) is 41.2. The smallest absolute Gasteiger partial charge is 0.306 e. The molecule has 0 aliphatic rings. The first-order chi connectivity index (χ1) is 19.6. The van der Waals surface area contributed by atoms with Gasteiger partial charge in [-0.3, -0.25) is 9.59 Å². The molecule has 1 atom stereocenters. The van der Waals surface area contributed by atoms with E-state index in [0.717, 1.165) is 70.6 Å². The molecule has 1 N–H and O–H groups in total. The minimum Gasteiger partial charge on any atom is -0.481 e. The van der Waals surface area contributed by atoms with Gasteiger partial charge in [0, 0.05) is 12.8 Å². The van der Waals surface area contributed by atoms with Gasteiger partial charge in [-0.25, -0.2) is 0 Å². The van der Waals surface area contributed by atoms with E-state index in [4.69, 9.17) is 9.84 Å². The Morgan fingerprint density at radius 3 is 1.55 bits per heavy atom. The predicted molar refractivity (Wildman–Crippen MR) is 172 cm³/mol. The maximum atomic E-state index is 12.4. The molecule has 0 aliphatic heterocycles. The van der Waals surface area contributed by atoms with Crippen LogP contribution in [0.4, 0.5) is 0 Å². The molecule has 0 heterocycles. The minimum atomic E-state index is -0.754. The number of carbonyl (C=O) groups is 2. The number of carboxylic acid groups (broad SMARTS) is 1. The van der Waals surface area contributed by atoms with Gasteiger partial charge in [0.2, 0.25) is 0 Å². The number of aliphatic carboxylic acids is 1. The monoisotopic (exact) mass is 558 g/mol. The molecular weight excluding hydrogens is 496 g/mol. The topological polar surface area (TPSA) is 63.6 Å². The van der Waals surface area contributed by atoms with Crippen molar-refractivity contribution in [3.8, 4) is 0 Å². The van der Waals surface area contributed by atoms with Gasteiger partial charge >= 0.3 is 11.9 Å². The Kier molecular flexibility index (Phi) is 29.8. The highest BCUT2D eigenvalue weighted by atomic mass is 16.5. The van der Waals surface area contributed by atoms with Crippen molar-refractivity contribution < 1.29 is 19.4 Å². The van der Waals surface area contributed by atoms with Crippen LogP contribution in [0, 0.1) is 0 Å². The van der Waals surface area contributed by atoms with Crippen molar-refractivity contribution in [2.75, 3.05) is 0 Å². The first-order valence-corrected chi connectivity index (χ1v) is 16.6. The largest absolute Gasteiger partial charge is 0.481 e. The summed E-state index contributed by atoms with van der Waals surface area (Å²) in [5.74, 6) is -0.845. The summed E-state index contributed by atoms with van der Waals surface area (Å²) in [4.78, 5) is 23.2. The number of hydrogen-bond donors (Lipinski definition) is 1. The van der Waals surface area contributed by atoms with Crippen LogP contribution in [0.3, 0.4) is 0 Å². The fourth-order valence-electron chi connectivity index (χ4n) is 4.58. The zero-order valence-corrected chi connectivity index (χ0v) is 26.1. The summed E-state index contributed by atoms with van der Waals surface area (Å²) in [6.45, 7) is 4.46. The number of ether oxygens (including phenoxy) is 1. The van der Waals surface area contributed by atoms with Crippen LogP contribution in [0.2, 0.25) is 0 Å². The molecule has 0 aromatic carbocycles. The average Bonchev–Trinajstić information content (AvgIpc) is 2.93. The lowest BCUT2D eigenvalue weighted by Gasteiger charge is -2.18. The van der Waals surface area contributed by atoms with E-state index in [9.17, 15) is 9.59 Å². The van der Waals surface area contributed by atoms with E-state index in [2.05, 4.69) is 62.5 Å². The number of rotatable bonds is 29. The van der Waals surface area contributed by atoms with E-state index in [-0.39, 0.29) is 18.5 Å². The summed E-state index contributed by atoms with van der Waals surface area (Å²) in [7, 11) is 0. The molecule has 0 bridgehead atoms. The van der Waals surface area contributed by atoms with Gasteiger partial charge in [-0.05, 0) is 83.5 Å². The van der Waals surface area contributed by atoms with E-state index in [1.807, 2.05) is 0 Å². The van der Waals surface area contributed by atoms with Crippen molar-refractivity contribution in [2.45, 2.75) is 168 Å². The van der Waals surface area contributed by atoms with E-state index >= 15 is 0 Å². The van der Waals surface area contributed by atoms with E-state index in [1.165, 1.54) is 57.8 Å². The molecule has 4 heteroatoms. The standard InChI is InChI=1S/C36H62O4/c1-3-5-7-9-11-12-13-14-15-16-17-18-19-20-21-22-23-25-27-33-36(39)40-34(31-28-29-32-35(37)38)30-26-24-10-8-6-4-2/h11-12,14-15,17-18,20-21,34H,3-10,13,16,19,22-33H2,1-2H3,(H,37,38)/b12-11-,15-14-,18-17-,21-20-. The van der Waals surface area contributed by atoms with Gasteiger partial charge in [0.25, 0.3) is 0 Å². The summed E-state index contributed by atoms with van der Waals surface area (Å²) in [5, 5.41) is 8.86. The second-order valence-corrected chi connectivity index (χ2v) is 11.0. The molecule has 1 unspecified atom stereocenters. The molecule has 4 nitrogen and oxygen atoms in total. The Bertz CT molecular complexity index is 689. The van der Waals surface area contributed by atoms with E-state index in [1.54, 1.807) is 0 Å². The number of esters is 1. The molecular formula is C36H62O4. The first kappa shape index (κ1) is 37.9. The highest BCUT2D eigenvalue weighted by Crippen LogP contribution is 2.17. The van der Waals surface area contributed by atoms with Gasteiger partial charge in [0.1, 0.15) is 6.10 Å². The molecule has 0 amide bonds. The summed E-state index contributed by atoms with van der Waals surface area (Å²) < 4.78 is 5.81. The molecule has 230 valence electrons. The third-order valence-electron chi connectivity index (χ3n) is 7.05. The second kappa shape index (κ2) is 31.4. The normalized spacial score (nSPS) is 12.8. The molecule has 0 saturated heterocycles. The van der Waals surface area contributed by atoms with Crippen molar-refractivity contribution in [1.82, 2.24) is 0 Å². The lowest BCUT2D eigenvalue weighted by atomic mass is 10.0. The van der Waals surface area contributed by atoms with Crippen LogP contribution in [0.1, 0.15) is 162 Å². The summed E-state index contributed by atoms with van der Waals surface area (Å²) >= 11 is 0. The number of unbranched alkanes of at least 4 members (excludes halogenated alkanes) is 12. The molecule has 0 aromatic heterocycles. The average molecular weight is 559 g/mol. The maximum Gasteiger partial charge on any atom is 0.306 e. The van der Waals surface area contributed by atoms with E-state index in [0.29, 0.717) is 12.8 Å². The SMILES string of the molecule is CCCCC/C=C\C/C=C\C/C=C\C/C=C\CCCCCC(=O)OC(CCCCCCCC)CCCCC(=O)O. The molecule has 0 fully saturated rings. The minimum absolute atomic E-state index is 0.0592. The predicted octanol–water partition coefficient (Wildman–Crippen LogP) is 11.2. The quantitative estimate of drug-likeness (QED) is 0.0563. The Morgan fingerprint density at radius 1 is 0.550 bits per heavy atom. The maximum absolute atomic E-state index is 12.4. The summed E-state index contributed by atoms with van der Waals surface area (Å²) in [6, 6.07) is 0. The van der Waals surface area contributed by atoms with E-state index < -0.39 is 5.97 Å². The van der Waals surface area contributed by atoms with Crippen molar-refractivity contribution in [3.05, 3.63) is 48.6 Å². The second-order valence-electron chi connectivity index (χ2n) is 11.0. The van der Waals surface area contributed by atoms with Gasteiger partial charge in [-0.15, -0.1) is 0 Å². The Balaban J connectivity index is 3.91. The highest BCUT2D eigenvalue weighted by Gasteiger charge is 2.14. The third-order valence-corrected chi connectivity index (χ3v) is 7.05. The van der Waals surface area contributed by atoms with Crippen LogP contribution in [0.5, 0.6) is 0 Å². The molecule has 0 rings (SSSR count). The van der Waals surface area contributed by atoms with Crippen molar-refractivity contribution in [1.29, 1.82) is 0 Å². The highest BCUT2D eigenvalue weighted by molar-refractivity contribution is 5.69. The molecule has 0 aliphatic carbocycles. The van der Waals surface area contributed by atoms with Gasteiger partial charge in [-0.1, -0.05) is 114 Å². The molecule has 0 spiro atoms. The lowest BCUT2D eigenvalue weighted by Crippen LogP contribution is -2.18. The van der Waals surface area contributed by atoms with Crippen molar-refractivity contribution >= 4 is 11.9 Å². The molecule has 0 aromatic rings. The number of carboxylic acids is 1. The summed E-state index contributed by atoms with van der Waals surface area (Å²) in [5.41, 5.74) is 0. The zero-order chi connectivity index (χ0) is 29.4. The van der Waals surface area contributed by atoms with Gasteiger partial charge < -0.3 is 9.84 Å². The van der Waals surface area contributed by atoms with Crippen molar-refractivity contribution in [2.24, 2.45) is 0 Å². The Hall–Kier alpha value is -2.10. The lowest BCUT2D eigenvalue weighted by molar-refractivity contribution is -0.150. The van der Waals surface area contributed by atoms with Crippen molar-refractivity contribution in [3.63, 3.8) is 0 Å².